The van der Waals surface area contributed by atoms with E-state index >= 15 is 0 Å². The van der Waals surface area contributed by atoms with Gasteiger partial charge >= 0.3 is 0 Å². The number of methoxy groups -OCH3 is 2. The van der Waals surface area contributed by atoms with Crippen LogP contribution in [0.4, 0.5) is 10.5 Å². The molecule has 0 saturated carbocycles. The molecule has 1 aromatic carbocycles. The van der Waals surface area contributed by atoms with Crippen molar-refractivity contribution in [3.63, 3.8) is 0 Å². The van der Waals surface area contributed by atoms with E-state index in [1.54, 1.807) is 12.1 Å². The molecule has 1 heterocycles. The van der Waals surface area contributed by atoms with Gasteiger partial charge in [0.2, 0.25) is 5.91 Å². The number of benzene rings is 1. The molecule has 1 N–H and O–H groups in total. The molecule has 21 heavy (non-hydrogen) atoms. The summed E-state index contributed by atoms with van der Waals surface area (Å²) in [7, 11) is 2.98. The van der Waals surface area contributed by atoms with Gasteiger partial charge in [0.05, 0.1) is 24.9 Å². The third kappa shape index (κ3) is 3.74. The Hall–Kier alpha value is -1.60. The lowest BCUT2D eigenvalue weighted by Gasteiger charge is -2.16. The Balaban J connectivity index is 2.09. The van der Waals surface area contributed by atoms with Crippen molar-refractivity contribution in [1.29, 1.82) is 0 Å². The second-order valence-electron chi connectivity index (χ2n) is 4.27. The molecule has 114 valence electrons. The van der Waals surface area contributed by atoms with Crippen LogP contribution < -0.4 is 14.8 Å². The van der Waals surface area contributed by atoms with Crippen molar-refractivity contribution >= 4 is 40.2 Å². The highest BCUT2D eigenvalue weighted by molar-refractivity contribution is 8.13. The lowest BCUT2D eigenvalue weighted by molar-refractivity contribution is -0.116. The third-order valence-electron chi connectivity index (χ3n) is 2.93. The van der Waals surface area contributed by atoms with E-state index in [0.717, 1.165) is 0 Å². The van der Waals surface area contributed by atoms with E-state index in [1.165, 1.54) is 30.9 Å². The minimum atomic E-state index is -0.301. The van der Waals surface area contributed by atoms with Crippen LogP contribution in [0.3, 0.4) is 0 Å². The summed E-state index contributed by atoms with van der Waals surface area (Å²) in [6.07, 6.45) is 0. The maximum atomic E-state index is 12.0. The molecule has 1 aliphatic rings. The molecule has 0 aliphatic carbocycles. The Morgan fingerprint density at radius 1 is 1.38 bits per heavy atom. The number of nitrogens with one attached hydrogen (secondary N) is 1. The third-order valence-corrected chi connectivity index (χ3v) is 4.11. The summed E-state index contributed by atoms with van der Waals surface area (Å²) in [6, 6.07) is 3.15. The molecule has 0 unspecified atom stereocenters. The first-order valence-corrected chi connectivity index (χ1v) is 7.54. The fourth-order valence-electron chi connectivity index (χ4n) is 1.89. The Kier molecular flexibility index (Phi) is 5.19. The van der Waals surface area contributed by atoms with Crippen molar-refractivity contribution in [3.8, 4) is 11.5 Å². The van der Waals surface area contributed by atoms with Gasteiger partial charge < -0.3 is 19.7 Å². The second kappa shape index (κ2) is 6.91. The van der Waals surface area contributed by atoms with Gasteiger partial charge in [-0.1, -0.05) is 23.4 Å². The van der Waals surface area contributed by atoms with E-state index in [2.05, 4.69) is 5.32 Å². The van der Waals surface area contributed by atoms with Crippen molar-refractivity contribution in [1.82, 2.24) is 4.90 Å². The summed E-state index contributed by atoms with van der Waals surface area (Å²) >= 11 is 7.25. The van der Waals surface area contributed by atoms with Gasteiger partial charge in [0.25, 0.3) is 5.24 Å². The van der Waals surface area contributed by atoms with Gasteiger partial charge in [-0.2, -0.15) is 0 Å². The first-order valence-electron chi connectivity index (χ1n) is 6.18. The number of ether oxygens (including phenoxy) is 2. The van der Waals surface area contributed by atoms with Gasteiger partial charge in [-0.15, -0.1) is 0 Å². The zero-order valence-electron chi connectivity index (χ0n) is 11.6. The van der Waals surface area contributed by atoms with Crippen LogP contribution >= 0.6 is 23.4 Å². The second-order valence-corrected chi connectivity index (χ2v) is 5.72. The van der Waals surface area contributed by atoms with E-state index in [0.29, 0.717) is 34.5 Å². The van der Waals surface area contributed by atoms with Gasteiger partial charge in [0.1, 0.15) is 18.0 Å². The summed E-state index contributed by atoms with van der Waals surface area (Å²) in [6.45, 7) is 0.593. The predicted molar refractivity (Wildman–Crippen MR) is 82.6 cm³/mol. The quantitative estimate of drug-likeness (QED) is 0.898. The molecule has 2 rings (SSSR count). The zero-order chi connectivity index (χ0) is 15.4. The Labute approximate surface area is 131 Å². The van der Waals surface area contributed by atoms with Gasteiger partial charge in [0, 0.05) is 18.4 Å². The largest absolute Gasteiger partial charge is 0.495 e. The van der Waals surface area contributed by atoms with Crippen LogP contribution in [0.25, 0.3) is 0 Å². The fourth-order valence-corrected chi connectivity index (χ4v) is 2.96. The van der Waals surface area contributed by atoms with E-state index < -0.39 is 0 Å². The van der Waals surface area contributed by atoms with Crippen LogP contribution in [0, 0.1) is 0 Å². The van der Waals surface area contributed by atoms with E-state index in [-0.39, 0.29) is 17.7 Å². The molecule has 0 spiro atoms. The molecule has 0 atom stereocenters. The topological polar surface area (TPSA) is 67.9 Å². The molecule has 1 saturated heterocycles. The lowest BCUT2D eigenvalue weighted by atomic mass is 10.2. The fraction of sp³-hybridized carbons (Fsp3) is 0.385. The van der Waals surface area contributed by atoms with Gasteiger partial charge in [-0.05, 0) is 6.07 Å². The maximum absolute atomic E-state index is 12.0. The first-order chi connectivity index (χ1) is 10.0. The average molecular weight is 331 g/mol. The number of amides is 2. The normalized spacial score (nSPS) is 14.2. The van der Waals surface area contributed by atoms with Crippen LogP contribution in [0.1, 0.15) is 0 Å². The van der Waals surface area contributed by atoms with Gasteiger partial charge in [-0.3, -0.25) is 9.59 Å². The number of carbonyl (C=O) groups excluding carboxylic acids is 2. The van der Waals surface area contributed by atoms with Crippen molar-refractivity contribution < 1.29 is 19.1 Å². The molecular formula is C13H15ClN2O4S. The lowest BCUT2D eigenvalue weighted by Crippen LogP contribution is -2.33. The summed E-state index contributed by atoms with van der Waals surface area (Å²) in [4.78, 5) is 25.0. The minimum Gasteiger partial charge on any atom is -0.495 e. The van der Waals surface area contributed by atoms with Gasteiger partial charge in [-0.25, -0.2) is 0 Å². The summed E-state index contributed by atoms with van der Waals surface area (Å²) < 4.78 is 10.3. The molecule has 0 bridgehead atoms. The Bertz CT molecular complexity index is 567. The molecule has 6 nitrogen and oxygen atoms in total. The standard InChI is InChI=1S/C13H15ClN2O4S/c1-19-10-6-11(20-2)9(5-8(10)14)15-12(17)7-16-3-4-21-13(16)18/h5-6H,3-4,7H2,1-2H3,(H,15,17). The van der Waals surface area contributed by atoms with E-state index in [4.69, 9.17) is 21.1 Å². The highest BCUT2D eigenvalue weighted by Crippen LogP contribution is 2.35. The van der Waals surface area contributed by atoms with Crippen LogP contribution in [-0.4, -0.2) is 49.1 Å². The highest BCUT2D eigenvalue weighted by Gasteiger charge is 2.23. The summed E-state index contributed by atoms with van der Waals surface area (Å²) in [5.74, 6) is 1.30. The number of rotatable bonds is 5. The smallest absolute Gasteiger partial charge is 0.282 e. The monoisotopic (exact) mass is 330 g/mol. The molecule has 1 aromatic rings. The maximum Gasteiger partial charge on any atom is 0.282 e. The van der Waals surface area contributed by atoms with Gasteiger partial charge in [0.15, 0.2) is 0 Å². The average Bonchev–Trinajstić information content (AvgIpc) is 2.84. The molecule has 2 amide bonds. The molecule has 8 heteroatoms. The van der Waals surface area contributed by atoms with Crippen LogP contribution in [0.2, 0.25) is 5.02 Å². The molecule has 1 aliphatic heterocycles. The van der Waals surface area contributed by atoms with Crippen molar-refractivity contribution in [2.45, 2.75) is 0 Å². The highest BCUT2D eigenvalue weighted by atomic mass is 35.5. The SMILES string of the molecule is COc1cc(OC)c(NC(=O)CN2CCSC2=O)cc1Cl. The van der Waals surface area contributed by atoms with E-state index in [9.17, 15) is 9.59 Å². The summed E-state index contributed by atoms with van der Waals surface area (Å²) in [5, 5.41) is 2.98. The van der Waals surface area contributed by atoms with Crippen molar-refractivity contribution in [3.05, 3.63) is 17.2 Å². The zero-order valence-corrected chi connectivity index (χ0v) is 13.2. The molecular weight excluding hydrogens is 316 g/mol. The Morgan fingerprint density at radius 2 is 2.10 bits per heavy atom. The van der Waals surface area contributed by atoms with Crippen molar-refractivity contribution in [2.75, 3.05) is 38.4 Å². The number of hydrogen-bond donors (Lipinski definition) is 1. The van der Waals surface area contributed by atoms with Crippen LogP contribution in [0.15, 0.2) is 12.1 Å². The summed E-state index contributed by atoms with van der Waals surface area (Å²) in [5.41, 5.74) is 0.438. The number of anilines is 1. The molecule has 0 radical (unpaired) electrons. The number of carbonyl (C=O) groups is 2. The Morgan fingerprint density at radius 3 is 2.67 bits per heavy atom. The number of nitrogens with zero attached hydrogens (tertiary/aromatic N) is 1. The predicted octanol–water partition coefficient (Wildman–Crippen LogP) is 2.46. The van der Waals surface area contributed by atoms with Crippen LogP contribution in [-0.2, 0) is 4.79 Å². The molecule has 0 aromatic heterocycles. The molecule has 1 fully saturated rings. The first kappa shape index (κ1) is 15.8. The number of thioether (sulfide) groups is 1. The van der Waals surface area contributed by atoms with Crippen molar-refractivity contribution in [2.24, 2.45) is 0 Å². The minimum absolute atomic E-state index is 0.0125. The van der Waals surface area contributed by atoms with E-state index in [1.807, 2.05) is 0 Å². The van der Waals surface area contributed by atoms with Crippen LogP contribution in [0.5, 0.6) is 11.5 Å². The number of halogens is 1. The number of hydrogen-bond acceptors (Lipinski definition) is 5.